The van der Waals surface area contributed by atoms with Gasteiger partial charge in [-0.3, -0.25) is 4.68 Å². The molecule has 1 aliphatic carbocycles. The maximum atomic E-state index is 5.60. The van der Waals surface area contributed by atoms with Crippen molar-refractivity contribution in [2.45, 2.75) is 44.2 Å². The number of hydrogen-bond donors (Lipinski definition) is 2. The summed E-state index contributed by atoms with van der Waals surface area (Å²) in [6, 6.07) is 0.792. The van der Waals surface area contributed by atoms with Crippen molar-refractivity contribution in [3.05, 3.63) is 17.5 Å². The highest BCUT2D eigenvalue weighted by Crippen LogP contribution is 2.29. The first-order valence-electron chi connectivity index (χ1n) is 7.22. The van der Waals surface area contributed by atoms with Gasteiger partial charge < -0.3 is 15.8 Å². The number of aryl methyl sites for hydroxylation is 1. The molecule has 2 unspecified atom stereocenters. The van der Waals surface area contributed by atoms with Crippen LogP contribution in [0.15, 0.2) is 6.20 Å². The van der Waals surface area contributed by atoms with Crippen LogP contribution in [0.5, 0.6) is 0 Å². The van der Waals surface area contributed by atoms with Gasteiger partial charge in [-0.1, -0.05) is 0 Å². The molecule has 0 aliphatic heterocycles. The highest BCUT2D eigenvalue weighted by atomic mass is 16.5. The molecule has 0 bridgehead atoms. The molecule has 5 nitrogen and oxygen atoms in total. The summed E-state index contributed by atoms with van der Waals surface area (Å²) in [5.74, 6) is 0. The van der Waals surface area contributed by atoms with Gasteiger partial charge in [0.15, 0.2) is 0 Å². The lowest BCUT2D eigenvalue weighted by Crippen LogP contribution is -2.38. The van der Waals surface area contributed by atoms with Gasteiger partial charge >= 0.3 is 0 Å². The summed E-state index contributed by atoms with van der Waals surface area (Å²) in [6.07, 6.45) is 7.66. The van der Waals surface area contributed by atoms with E-state index in [0.717, 1.165) is 32.4 Å². The summed E-state index contributed by atoms with van der Waals surface area (Å²) in [4.78, 5) is 0. The Bertz CT molecular complexity index is 391. The van der Waals surface area contributed by atoms with Crippen LogP contribution in [0.4, 0.5) is 0 Å². The molecule has 1 heterocycles. The number of hydrogen-bond acceptors (Lipinski definition) is 4. The van der Waals surface area contributed by atoms with Crippen molar-refractivity contribution in [1.82, 2.24) is 15.1 Å². The molecule has 0 amide bonds. The van der Waals surface area contributed by atoms with Gasteiger partial charge in [0.05, 0.1) is 12.8 Å². The molecule has 0 spiro atoms. The maximum Gasteiger partial charge on any atom is 0.0616 e. The number of ether oxygens (including phenoxy) is 1. The van der Waals surface area contributed by atoms with E-state index in [1.807, 2.05) is 17.9 Å². The normalized spacial score (nSPS) is 20.3. The van der Waals surface area contributed by atoms with E-state index >= 15 is 0 Å². The van der Waals surface area contributed by atoms with Crippen molar-refractivity contribution in [2.24, 2.45) is 12.8 Å². The Morgan fingerprint density at radius 1 is 1.63 bits per heavy atom. The Kier molecular flexibility index (Phi) is 5.36. The summed E-state index contributed by atoms with van der Waals surface area (Å²) in [6.45, 7) is 1.48. The van der Waals surface area contributed by atoms with Gasteiger partial charge in [-0.15, -0.1) is 0 Å². The molecule has 1 aromatic heterocycles. The first kappa shape index (κ1) is 14.5. The lowest BCUT2D eigenvalue weighted by atomic mass is 9.92. The molecular formula is C14H26N4O. The third-order valence-electron chi connectivity index (χ3n) is 3.94. The van der Waals surface area contributed by atoms with Crippen LogP contribution in [0.3, 0.4) is 0 Å². The number of nitrogens with two attached hydrogens (primary N) is 1. The van der Waals surface area contributed by atoms with Crippen LogP contribution in [0.1, 0.15) is 43.0 Å². The SMILES string of the molecule is COCC(CCCN)NC1CCCc2c1cnn2C. The summed E-state index contributed by atoms with van der Waals surface area (Å²) in [5.41, 5.74) is 8.34. The van der Waals surface area contributed by atoms with Crippen LogP contribution in [-0.2, 0) is 18.2 Å². The van der Waals surface area contributed by atoms with E-state index in [0.29, 0.717) is 12.1 Å². The number of nitrogens with one attached hydrogen (secondary N) is 1. The molecule has 1 aliphatic rings. The van der Waals surface area contributed by atoms with Gasteiger partial charge in [0.25, 0.3) is 0 Å². The van der Waals surface area contributed by atoms with Crippen LogP contribution < -0.4 is 11.1 Å². The van der Waals surface area contributed by atoms with Crippen molar-refractivity contribution >= 4 is 0 Å². The standard InChI is InChI=1S/C14H26N4O/c1-18-14-7-3-6-13(12(14)9-16-18)17-11(10-19-2)5-4-8-15/h9,11,13,17H,3-8,10,15H2,1-2H3. The van der Waals surface area contributed by atoms with Gasteiger partial charge in [0.2, 0.25) is 0 Å². The van der Waals surface area contributed by atoms with Crippen LogP contribution in [0.25, 0.3) is 0 Å². The molecule has 5 heteroatoms. The fourth-order valence-electron chi connectivity index (χ4n) is 2.94. The quantitative estimate of drug-likeness (QED) is 0.777. The van der Waals surface area contributed by atoms with Crippen molar-refractivity contribution < 1.29 is 4.74 Å². The molecule has 19 heavy (non-hydrogen) atoms. The second kappa shape index (κ2) is 7.03. The fourth-order valence-corrected chi connectivity index (χ4v) is 2.94. The highest BCUT2D eigenvalue weighted by molar-refractivity contribution is 5.24. The fraction of sp³-hybridized carbons (Fsp3) is 0.786. The Morgan fingerprint density at radius 3 is 3.21 bits per heavy atom. The van der Waals surface area contributed by atoms with Gasteiger partial charge in [-0.05, 0) is 38.6 Å². The van der Waals surface area contributed by atoms with Gasteiger partial charge in [0.1, 0.15) is 0 Å². The van der Waals surface area contributed by atoms with Crippen LogP contribution in [0, 0.1) is 0 Å². The van der Waals surface area contributed by atoms with Crippen LogP contribution in [0.2, 0.25) is 0 Å². The zero-order chi connectivity index (χ0) is 13.7. The first-order chi connectivity index (χ1) is 9.26. The van der Waals surface area contributed by atoms with E-state index in [1.165, 1.54) is 24.1 Å². The minimum absolute atomic E-state index is 0.379. The van der Waals surface area contributed by atoms with E-state index in [-0.39, 0.29) is 0 Å². The number of methoxy groups -OCH3 is 1. The lowest BCUT2D eigenvalue weighted by molar-refractivity contribution is 0.153. The third-order valence-corrected chi connectivity index (χ3v) is 3.94. The van der Waals surface area contributed by atoms with Crippen molar-refractivity contribution in [1.29, 1.82) is 0 Å². The van der Waals surface area contributed by atoms with Crippen molar-refractivity contribution in [3.8, 4) is 0 Å². The molecule has 0 aromatic carbocycles. The number of aromatic nitrogens is 2. The Balaban J connectivity index is 2.01. The average Bonchev–Trinajstić information content (AvgIpc) is 2.79. The maximum absolute atomic E-state index is 5.60. The molecular weight excluding hydrogens is 240 g/mol. The number of fused-ring (bicyclic) bond motifs is 1. The van der Waals surface area contributed by atoms with E-state index in [9.17, 15) is 0 Å². The second-order valence-corrected chi connectivity index (χ2v) is 5.36. The predicted octanol–water partition coefficient (Wildman–Crippen LogP) is 1.14. The highest BCUT2D eigenvalue weighted by Gasteiger charge is 2.25. The van der Waals surface area contributed by atoms with Gasteiger partial charge in [-0.2, -0.15) is 5.10 Å². The van der Waals surface area contributed by atoms with Crippen molar-refractivity contribution in [3.63, 3.8) is 0 Å². The minimum atomic E-state index is 0.379. The first-order valence-corrected chi connectivity index (χ1v) is 7.22. The zero-order valence-corrected chi connectivity index (χ0v) is 12.1. The summed E-state index contributed by atoms with van der Waals surface area (Å²) < 4.78 is 7.32. The summed E-state index contributed by atoms with van der Waals surface area (Å²) >= 11 is 0. The van der Waals surface area contributed by atoms with Gasteiger partial charge in [-0.25, -0.2) is 0 Å². The predicted molar refractivity (Wildman–Crippen MR) is 76.0 cm³/mol. The average molecular weight is 266 g/mol. The van der Waals surface area contributed by atoms with Crippen molar-refractivity contribution in [2.75, 3.05) is 20.3 Å². The van der Waals surface area contributed by atoms with E-state index in [2.05, 4.69) is 10.4 Å². The van der Waals surface area contributed by atoms with E-state index in [4.69, 9.17) is 10.5 Å². The molecule has 0 radical (unpaired) electrons. The zero-order valence-electron chi connectivity index (χ0n) is 12.1. The monoisotopic (exact) mass is 266 g/mol. The molecule has 0 saturated heterocycles. The Labute approximate surface area is 115 Å². The van der Waals surface area contributed by atoms with Crippen LogP contribution >= 0.6 is 0 Å². The number of rotatable bonds is 7. The topological polar surface area (TPSA) is 65.1 Å². The Morgan fingerprint density at radius 2 is 2.47 bits per heavy atom. The van der Waals surface area contributed by atoms with Crippen LogP contribution in [-0.4, -0.2) is 36.1 Å². The molecule has 1 aromatic rings. The summed E-state index contributed by atoms with van der Waals surface area (Å²) in [7, 11) is 3.79. The minimum Gasteiger partial charge on any atom is -0.383 e. The third kappa shape index (κ3) is 3.55. The summed E-state index contributed by atoms with van der Waals surface area (Å²) in [5, 5.41) is 8.12. The Hall–Kier alpha value is -0.910. The smallest absolute Gasteiger partial charge is 0.0616 e. The molecule has 108 valence electrons. The number of nitrogens with zero attached hydrogens (tertiary/aromatic N) is 2. The van der Waals surface area contributed by atoms with E-state index in [1.54, 1.807) is 7.11 Å². The lowest BCUT2D eigenvalue weighted by Gasteiger charge is -2.28. The molecule has 3 N–H and O–H groups in total. The second-order valence-electron chi connectivity index (χ2n) is 5.36. The molecule has 0 saturated carbocycles. The molecule has 0 fully saturated rings. The van der Waals surface area contributed by atoms with Gasteiger partial charge in [0, 0.05) is 37.5 Å². The molecule has 2 rings (SSSR count). The largest absolute Gasteiger partial charge is 0.383 e. The molecule has 2 atom stereocenters. The van der Waals surface area contributed by atoms with E-state index < -0.39 is 0 Å².